The minimum absolute atomic E-state index is 0.0887. The van der Waals surface area contributed by atoms with E-state index in [1.807, 2.05) is 40.7 Å². The first kappa shape index (κ1) is 17.5. The van der Waals surface area contributed by atoms with Crippen LogP contribution in [0.2, 0.25) is 9.36 Å². The van der Waals surface area contributed by atoms with Crippen molar-refractivity contribution < 1.29 is 4.74 Å². The van der Waals surface area contributed by atoms with Crippen molar-refractivity contribution >= 4 is 34.5 Å². The highest BCUT2D eigenvalue weighted by Gasteiger charge is 2.12. The number of hydrogen-bond donors (Lipinski definition) is 0. The molecule has 0 aliphatic rings. The van der Waals surface area contributed by atoms with Gasteiger partial charge < -0.3 is 9.30 Å². The summed E-state index contributed by atoms with van der Waals surface area (Å²) >= 11 is 13.6. The van der Waals surface area contributed by atoms with Crippen LogP contribution in [0.25, 0.3) is 0 Å². The number of aryl methyl sites for hydroxylation is 1. The molecule has 6 heteroatoms. The number of nitrogens with zero attached hydrogens (tertiary/aromatic N) is 2. The molecule has 0 aliphatic heterocycles. The first-order valence-corrected chi connectivity index (χ1v) is 9.38. The molecule has 0 aliphatic carbocycles. The molecule has 3 nitrogen and oxygen atoms in total. The molecule has 0 N–H and O–H groups in total. The number of rotatable bonds is 8. The van der Waals surface area contributed by atoms with E-state index in [1.54, 1.807) is 6.20 Å². The van der Waals surface area contributed by atoms with Crippen LogP contribution in [0.3, 0.4) is 0 Å². The van der Waals surface area contributed by atoms with E-state index in [2.05, 4.69) is 17.1 Å². The Labute approximate surface area is 155 Å². The third kappa shape index (κ3) is 5.08. The highest BCUT2D eigenvalue weighted by Crippen LogP contribution is 2.24. The Morgan fingerprint density at radius 1 is 1.17 bits per heavy atom. The lowest BCUT2D eigenvalue weighted by Crippen LogP contribution is -2.20. The predicted octanol–water partition coefficient (Wildman–Crippen LogP) is 5.47. The van der Waals surface area contributed by atoms with Crippen LogP contribution in [0.4, 0.5) is 0 Å². The molecule has 24 heavy (non-hydrogen) atoms. The third-order valence-electron chi connectivity index (χ3n) is 3.81. The van der Waals surface area contributed by atoms with E-state index in [1.165, 1.54) is 16.9 Å². The van der Waals surface area contributed by atoms with Gasteiger partial charge in [0.2, 0.25) is 0 Å². The van der Waals surface area contributed by atoms with Crippen molar-refractivity contribution in [3.63, 3.8) is 0 Å². The first-order chi connectivity index (χ1) is 11.7. The van der Waals surface area contributed by atoms with Crippen LogP contribution >= 0.6 is 34.5 Å². The van der Waals surface area contributed by atoms with E-state index < -0.39 is 0 Å². The Morgan fingerprint density at radius 3 is 2.67 bits per heavy atom. The fourth-order valence-corrected chi connectivity index (χ4v) is 3.49. The molecule has 0 amide bonds. The maximum Gasteiger partial charge on any atom is 0.0983 e. The van der Waals surface area contributed by atoms with Crippen LogP contribution in [-0.2, 0) is 24.3 Å². The second-order valence-electron chi connectivity index (χ2n) is 5.58. The molecule has 2 aromatic heterocycles. The number of hydrogen-bond acceptors (Lipinski definition) is 3. The van der Waals surface area contributed by atoms with Gasteiger partial charge in [0.05, 0.1) is 23.4 Å². The summed E-state index contributed by atoms with van der Waals surface area (Å²) in [4.78, 5) is 4.10. The van der Waals surface area contributed by atoms with Crippen LogP contribution in [0.15, 0.2) is 54.4 Å². The van der Waals surface area contributed by atoms with Gasteiger partial charge in [-0.15, -0.1) is 11.3 Å². The number of thiophene rings is 1. The van der Waals surface area contributed by atoms with Gasteiger partial charge in [0.1, 0.15) is 0 Å². The lowest BCUT2D eigenvalue weighted by molar-refractivity contribution is 0.0241. The number of halogens is 2. The van der Waals surface area contributed by atoms with E-state index in [-0.39, 0.29) is 6.10 Å². The van der Waals surface area contributed by atoms with Crippen LogP contribution in [-0.4, -0.2) is 15.7 Å². The third-order valence-corrected chi connectivity index (χ3v) is 5.31. The fraction of sp³-hybridized carbons (Fsp3) is 0.278. The van der Waals surface area contributed by atoms with Crippen molar-refractivity contribution in [1.82, 2.24) is 9.55 Å². The second-order valence-corrected chi connectivity index (χ2v) is 7.53. The quantitative estimate of drug-likeness (QED) is 0.517. The molecule has 1 aromatic carbocycles. The molecule has 3 rings (SSSR count). The lowest BCUT2D eigenvalue weighted by Gasteiger charge is -2.18. The SMILES string of the molecule is Clc1ccc(CCC(Cn2ccnc2)OCc2ccsc2Cl)cc1. The molecule has 1 atom stereocenters. The van der Waals surface area contributed by atoms with Gasteiger partial charge in [-0.3, -0.25) is 0 Å². The summed E-state index contributed by atoms with van der Waals surface area (Å²) in [5, 5.41) is 2.75. The zero-order valence-electron chi connectivity index (χ0n) is 13.1. The zero-order valence-corrected chi connectivity index (χ0v) is 15.4. The molecule has 0 fully saturated rings. The Kier molecular flexibility index (Phi) is 6.32. The summed E-state index contributed by atoms with van der Waals surface area (Å²) in [5.41, 5.74) is 2.30. The summed E-state index contributed by atoms with van der Waals surface area (Å²) < 4.78 is 8.98. The standard InChI is InChI=1S/C18H18Cl2N2OS/c19-16-4-1-14(2-5-16)3-6-17(11-22-9-8-21-13-22)23-12-15-7-10-24-18(15)20/h1-2,4-5,7-10,13,17H,3,6,11-12H2. The van der Waals surface area contributed by atoms with Gasteiger partial charge in [0.15, 0.2) is 0 Å². The van der Waals surface area contributed by atoms with E-state index in [4.69, 9.17) is 27.9 Å². The topological polar surface area (TPSA) is 27.1 Å². The summed E-state index contributed by atoms with van der Waals surface area (Å²) in [6.45, 7) is 1.30. The van der Waals surface area contributed by atoms with E-state index >= 15 is 0 Å². The average molecular weight is 381 g/mol. The van der Waals surface area contributed by atoms with Crippen molar-refractivity contribution in [2.24, 2.45) is 0 Å². The van der Waals surface area contributed by atoms with Crippen LogP contribution < -0.4 is 0 Å². The van der Waals surface area contributed by atoms with E-state index in [0.29, 0.717) is 6.61 Å². The van der Waals surface area contributed by atoms with Gasteiger partial charge in [-0.2, -0.15) is 0 Å². The average Bonchev–Trinajstić information content (AvgIpc) is 3.23. The number of aromatic nitrogens is 2. The molecule has 0 saturated carbocycles. The molecule has 0 saturated heterocycles. The van der Waals surface area contributed by atoms with E-state index in [9.17, 15) is 0 Å². The molecule has 0 radical (unpaired) electrons. The van der Waals surface area contributed by atoms with Crippen LogP contribution in [0, 0.1) is 0 Å². The highest BCUT2D eigenvalue weighted by atomic mass is 35.5. The molecule has 0 bridgehead atoms. The monoisotopic (exact) mass is 380 g/mol. The zero-order chi connectivity index (χ0) is 16.8. The maximum atomic E-state index is 6.16. The predicted molar refractivity (Wildman–Crippen MR) is 99.9 cm³/mol. The molecule has 2 heterocycles. The summed E-state index contributed by atoms with van der Waals surface area (Å²) in [6.07, 6.45) is 7.50. The van der Waals surface area contributed by atoms with E-state index in [0.717, 1.165) is 34.3 Å². The van der Waals surface area contributed by atoms with Gasteiger partial charge in [0.25, 0.3) is 0 Å². The Morgan fingerprint density at radius 2 is 2.00 bits per heavy atom. The van der Waals surface area contributed by atoms with Gasteiger partial charge >= 0.3 is 0 Å². The second kappa shape index (κ2) is 8.67. The van der Waals surface area contributed by atoms with Crippen molar-refractivity contribution in [2.45, 2.75) is 32.1 Å². The van der Waals surface area contributed by atoms with Gasteiger partial charge in [-0.05, 0) is 42.0 Å². The first-order valence-electron chi connectivity index (χ1n) is 7.74. The van der Waals surface area contributed by atoms with Crippen molar-refractivity contribution in [3.8, 4) is 0 Å². The normalized spacial score (nSPS) is 12.4. The number of benzene rings is 1. The molecule has 126 valence electrons. The van der Waals surface area contributed by atoms with Gasteiger partial charge in [0, 0.05) is 29.5 Å². The lowest BCUT2D eigenvalue weighted by atomic mass is 10.1. The number of imidazole rings is 1. The summed E-state index contributed by atoms with van der Waals surface area (Å²) in [6, 6.07) is 9.99. The van der Waals surface area contributed by atoms with Crippen LogP contribution in [0.5, 0.6) is 0 Å². The molecule has 0 spiro atoms. The van der Waals surface area contributed by atoms with Crippen LogP contribution in [0.1, 0.15) is 17.5 Å². The largest absolute Gasteiger partial charge is 0.372 e. The van der Waals surface area contributed by atoms with Crippen molar-refractivity contribution in [1.29, 1.82) is 0 Å². The maximum absolute atomic E-state index is 6.16. The highest BCUT2D eigenvalue weighted by molar-refractivity contribution is 7.14. The Bertz CT molecular complexity index is 741. The molecular formula is C18H18Cl2N2OS. The summed E-state index contributed by atoms with van der Waals surface area (Å²) in [5.74, 6) is 0. The minimum atomic E-state index is 0.0887. The number of ether oxygens (including phenoxy) is 1. The smallest absolute Gasteiger partial charge is 0.0983 e. The summed E-state index contributed by atoms with van der Waals surface area (Å²) in [7, 11) is 0. The molecular weight excluding hydrogens is 363 g/mol. The van der Waals surface area contributed by atoms with Gasteiger partial charge in [-0.25, -0.2) is 4.98 Å². The molecule has 3 aromatic rings. The minimum Gasteiger partial charge on any atom is -0.372 e. The van der Waals surface area contributed by atoms with Crippen molar-refractivity contribution in [2.75, 3.05) is 0 Å². The Hall–Kier alpha value is -1.33. The van der Waals surface area contributed by atoms with Gasteiger partial charge in [-0.1, -0.05) is 35.3 Å². The Balaban J connectivity index is 1.60. The molecule has 1 unspecified atom stereocenters. The fourth-order valence-electron chi connectivity index (χ4n) is 2.47. The van der Waals surface area contributed by atoms with Crippen molar-refractivity contribution in [3.05, 3.63) is 74.9 Å².